The SMILES string of the molecule is FC(F)(F)C(F)(F)C(F)(F)C(F)(F)c1[c]c(C(F)(F)C(F)(F)C(F)(F)C(F)(F)F)cc(C(F)(F)C(F)(F)C(F)(F)C(F)(F)F)c1. The molecule has 0 saturated heterocycles. The maximum absolute atomic E-state index is 14.3. The van der Waals surface area contributed by atoms with Crippen LogP contribution in [0.15, 0.2) is 12.1 Å². The van der Waals surface area contributed by atoms with Gasteiger partial charge in [0.15, 0.2) is 0 Å². The van der Waals surface area contributed by atoms with Crippen LogP contribution in [0.2, 0.25) is 0 Å². The second-order valence-corrected chi connectivity index (χ2v) is 8.36. The van der Waals surface area contributed by atoms with E-state index in [4.69, 9.17) is 0 Å². The molecule has 0 unspecified atom stereocenters. The van der Waals surface area contributed by atoms with Crippen molar-refractivity contribution in [1.29, 1.82) is 0 Å². The Morgan fingerprint density at radius 3 is 0.689 bits per heavy atom. The summed E-state index contributed by atoms with van der Waals surface area (Å²) < 4.78 is 358. The van der Waals surface area contributed by atoms with Crippen LogP contribution < -0.4 is 0 Å². The first kappa shape index (κ1) is 40.4. The van der Waals surface area contributed by atoms with Gasteiger partial charge in [0.05, 0.1) is 0 Å². The molecule has 45 heavy (non-hydrogen) atoms. The van der Waals surface area contributed by atoms with Gasteiger partial charge in [0, 0.05) is 22.8 Å². The first-order chi connectivity index (χ1) is 19.1. The van der Waals surface area contributed by atoms with E-state index in [9.17, 15) is 119 Å². The molecule has 0 bridgehead atoms. The van der Waals surface area contributed by atoms with Crippen molar-refractivity contribution in [3.8, 4) is 0 Å². The lowest BCUT2D eigenvalue weighted by Crippen LogP contribution is -2.61. The van der Waals surface area contributed by atoms with Crippen LogP contribution in [0.3, 0.4) is 0 Å². The van der Waals surface area contributed by atoms with Crippen molar-refractivity contribution in [2.75, 3.05) is 0 Å². The highest BCUT2D eigenvalue weighted by atomic mass is 19.4. The standard InChI is InChI=1S/C18H2F27/c19-7(20,10(25,26)13(31,32)16(37,38)39)4-1-5(8(21,22)11(27,28)14(33,34)17(40,41)42)3-6(2-4)9(23,24)12(29,30)15(35,36)18(43,44)45/h1-2H. The maximum atomic E-state index is 14.3. The van der Waals surface area contributed by atoms with E-state index < -0.39 is 107 Å². The summed E-state index contributed by atoms with van der Waals surface area (Å²) in [4.78, 5) is 0. The van der Waals surface area contributed by atoms with Gasteiger partial charge in [-0.25, -0.2) is 0 Å². The molecule has 0 nitrogen and oxygen atoms in total. The highest BCUT2D eigenvalue weighted by molar-refractivity contribution is 5.40. The Balaban J connectivity index is 4.44. The third-order valence-electron chi connectivity index (χ3n) is 5.34. The quantitative estimate of drug-likeness (QED) is 0.222. The summed E-state index contributed by atoms with van der Waals surface area (Å²) in [6.45, 7) is 0. The van der Waals surface area contributed by atoms with Crippen molar-refractivity contribution in [1.82, 2.24) is 0 Å². The van der Waals surface area contributed by atoms with Crippen molar-refractivity contribution in [2.24, 2.45) is 0 Å². The number of halogens is 27. The van der Waals surface area contributed by atoms with Gasteiger partial charge in [0.25, 0.3) is 0 Å². The van der Waals surface area contributed by atoms with E-state index in [2.05, 4.69) is 0 Å². The van der Waals surface area contributed by atoms with E-state index in [0.717, 1.165) is 0 Å². The summed E-state index contributed by atoms with van der Waals surface area (Å²) in [5.74, 6) is -73.3. The average molecular weight is 731 g/mol. The van der Waals surface area contributed by atoms with Crippen LogP contribution in [0.4, 0.5) is 119 Å². The zero-order chi connectivity index (χ0) is 36.9. The van der Waals surface area contributed by atoms with E-state index >= 15 is 0 Å². The van der Waals surface area contributed by atoms with Gasteiger partial charge in [-0.2, -0.15) is 119 Å². The number of hydrogen-bond donors (Lipinski definition) is 0. The monoisotopic (exact) mass is 731 g/mol. The summed E-state index contributed by atoms with van der Waals surface area (Å²) >= 11 is 0. The molecule has 0 amide bonds. The number of benzene rings is 1. The second-order valence-electron chi connectivity index (χ2n) is 8.36. The fraction of sp³-hybridized carbons (Fsp3) is 0.667. The Hall–Kier alpha value is -2.67. The maximum Gasteiger partial charge on any atom is 0.460 e. The van der Waals surface area contributed by atoms with Crippen LogP contribution in [0.25, 0.3) is 0 Å². The third kappa shape index (κ3) is 5.45. The van der Waals surface area contributed by atoms with Crippen molar-refractivity contribution >= 4 is 0 Å². The summed E-state index contributed by atoms with van der Waals surface area (Å²) in [5.41, 5.74) is -13.1. The molecular formula is C18H2F27. The molecular weight excluding hydrogens is 729 g/mol. The van der Waals surface area contributed by atoms with Gasteiger partial charge in [-0.05, 0) is 12.1 Å². The van der Waals surface area contributed by atoms with E-state index in [1.807, 2.05) is 0 Å². The third-order valence-corrected chi connectivity index (χ3v) is 5.34. The Bertz CT molecular complexity index is 1070. The van der Waals surface area contributed by atoms with Gasteiger partial charge < -0.3 is 0 Å². The lowest BCUT2D eigenvalue weighted by molar-refractivity contribution is -0.401. The summed E-state index contributed by atoms with van der Waals surface area (Å²) in [7, 11) is 0. The molecule has 1 aromatic rings. The van der Waals surface area contributed by atoms with Gasteiger partial charge in [-0.15, -0.1) is 0 Å². The fourth-order valence-electron chi connectivity index (χ4n) is 2.73. The number of alkyl halides is 27. The highest BCUT2D eigenvalue weighted by Gasteiger charge is 2.85. The lowest BCUT2D eigenvalue weighted by atomic mass is 9.86. The normalized spacial score (nSPS) is 16.3. The van der Waals surface area contributed by atoms with Gasteiger partial charge >= 0.3 is 71.8 Å². The van der Waals surface area contributed by atoms with Crippen LogP contribution in [0.5, 0.6) is 0 Å². The smallest absolute Gasteiger partial charge is 0.194 e. The highest BCUT2D eigenvalue weighted by Crippen LogP contribution is 2.62. The van der Waals surface area contributed by atoms with Crippen LogP contribution in [-0.2, 0) is 17.8 Å². The predicted molar refractivity (Wildman–Crippen MR) is 84.8 cm³/mol. The molecule has 0 heterocycles. The molecule has 0 atom stereocenters. The van der Waals surface area contributed by atoms with Crippen LogP contribution in [-0.4, -0.2) is 54.1 Å². The molecule has 0 aliphatic heterocycles. The molecule has 0 aliphatic carbocycles. The number of rotatable bonds is 9. The molecule has 0 aliphatic rings. The van der Waals surface area contributed by atoms with Crippen LogP contribution >= 0.6 is 0 Å². The van der Waals surface area contributed by atoms with Crippen molar-refractivity contribution in [3.63, 3.8) is 0 Å². The first-order valence-electron chi connectivity index (χ1n) is 9.76. The molecule has 0 spiro atoms. The summed E-state index contributed by atoms with van der Waals surface area (Å²) in [5, 5.41) is 0. The van der Waals surface area contributed by atoms with E-state index in [-0.39, 0.29) is 0 Å². The summed E-state index contributed by atoms with van der Waals surface area (Å²) in [6.07, 6.45) is -23.7. The van der Waals surface area contributed by atoms with Crippen molar-refractivity contribution < 1.29 is 119 Å². The van der Waals surface area contributed by atoms with Crippen molar-refractivity contribution in [2.45, 2.75) is 71.8 Å². The Morgan fingerprint density at radius 2 is 0.489 bits per heavy atom. The van der Waals surface area contributed by atoms with E-state index in [0.29, 0.717) is 0 Å². The van der Waals surface area contributed by atoms with Gasteiger partial charge in [-0.3, -0.25) is 0 Å². The predicted octanol–water partition coefficient (Wildman–Crippen LogP) is 10.3. The fourth-order valence-corrected chi connectivity index (χ4v) is 2.73. The largest absolute Gasteiger partial charge is 0.460 e. The molecule has 0 saturated carbocycles. The minimum atomic E-state index is -8.33. The van der Waals surface area contributed by atoms with E-state index in [1.54, 1.807) is 0 Å². The van der Waals surface area contributed by atoms with Gasteiger partial charge in [-0.1, -0.05) is 0 Å². The Labute approximate surface area is 226 Å². The van der Waals surface area contributed by atoms with Crippen LogP contribution in [0, 0.1) is 6.07 Å². The lowest BCUT2D eigenvalue weighted by Gasteiger charge is -2.37. The molecule has 0 aromatic heterocycles. The first-order valence-corrected chi connectivity index (χ1v) is 9.76. The van der Waals surface area contributed by atoms with Gasteiger partial charge in [0.2, 0.25) is 0 Å². The Kier molecular flexibility index (Phi) is 9.11. The minimum absolute atomic E-state index is 0.632. The molecule has 1 aromatic carbocycles. The topological polar surface area (TPSA) is 0 Å². The van der Waals surface area contributed by atoms with Crippen LogP contribution in [0.1, 0.15) is 16.7 Å². The molecule has 0 N–H and O–H groups in total. The average Bonchev–Trinajstić information content (AvgIpc) is 2.80. The molecule has 1 rings (SSSR count). The van der Waals surface area contributed by atoms with E-state index in [1.165, 1.54) is 0 Å². The minimum Gasteiger partial charge on any atom is -0.194 e. The zero-order valence-electron chi connectivity index (χ0n) is 19.4. The molecule has 27 heteroatoms. The molecule has 263 valence electrons. The number of hydrogen-bond acceptors (Lipinski definition) is 0. The Morgan fingerprint density at radius 1 is 0.289 bits per heavy atom. The second kappa shape index (κ2) is 10.2. The van der Waals surface area contributed by atoms with Crippen molar-refractivity contribution in [3.05, 3.63) is 34.9 Å². The van der Waals surface area contributed by atoms with Gasteiger partial charge in [0.1, 0.15) is 0 Å². The summed E-state index contributed by atoms with van der Waals surface area (Å²) in [6, 6.07) is -5.19. The zero-order valence-corrected chi connectivity index (χ0v) is 19.4. The molecule has 0 fully saturated rings. The molecule has 1 radical (unpaired) electrons.